The molecule has 142 valence electrons. The lowest BCUT2D eigenvalue weighted by Crippen LogP contribution is -2.43. The van der Waals surface area contributed by atoms with E-state index in [-0.39, 0.29) is 6.79 Å². The van der Waals surface area contributed by atoms with Crippen LogP contribution in [0.1, 0.15) is 16.7 Å². The highest BCUT2D eigenvalue weighted by atomic mass is 35.5. The smallest absolute Gasteiger partial charge is 0.231 e. The van der Waals surface area contributed by atoms with E-state index in [0.717, 1.165) is 42.1 Å². The summed E-state index contributed by atoms with van der Waals surface area (Å²) in [7, 11) is 0. The number of halogens is 3. The van der Waals surface area contributed by atoms with Crippen LogP contribution in [0, 0.1) is 0 Å². The zero-order valence-corrected chi connectivity index (χ0v) is 17.4. The summed E-state index contributed by atoms with van der Waals surface area (Å²) in [6.07, 6.45) is 1.62. The normalized spacial score (nSPS) is 14.9. The number of thiocarbonyl (C=S) groups is 1. The Morgan fingerprint density at radius 2 is 1.70 bits per heavy atom. The number of hydrogen-bond acceptors (Lipinski definition) is 3. The van der Waals surface area contributed by atoms with E-state index in [0.29, 0.717) is 33.2 Å². The molecule has 0 amide bonds. The fourth-order valence-electron chi connectivity index (χ4n) is 3.34. The Balaban J connectivity index is 1.41. The van der Waals surface area contributed by atoms with Crippen molar-refractivity contribution in [3.8, 4) is 11.5 Å². The molecule has 4 rings (SSSR count). The van der Waals surface area contributed by atoms with Crippen molar-refractivity contribution in [1.29, 1.82) is 0 Å². The minimum Gasteiger partial charge on any atom is -0.452 e. The van der Waals surface area contributed by atoms with E-state index in [1.165, 1.54) is 5.56 Å². The maximum Gasteiger partial charge on any atom is 0.231 e. The fourth-order valence-corrected chi connectivity index (χ4v) is 4.38. The van der Waals surface area contributed by atoms with Crippen LogP contribution in [0.15, 0.2) is 24.3 Å². The fraction of sp³-hybridized carbons (Fsp3) is 0.316. The summed E-state index contributed by atoms with van der Waals surface area (Å²) < 4.78 is 10.9. The third-order valence-corrected chi connectivity index (χ3v) is 6.23. The minimum atomic E-state index is 0.145. The number of nitrogens with zero attached hydrogens (tertiary/aromatic N) is 1. The SMILES string of the molecule is S=C(NCCc1ccc(Cl)cc1)N1CCc2c(Cl)c3c(c(Cl)c2C1)OCO3. The number of ether oxygens (including phenoxy) is 2. The van der Waals surface area contributed by atoms with Gasteiger partial charge in [0.05, 0.1) is 10.0 Å². The van der Waals surface area contributed by atoms with Crippen LogP contribution in [0.4, 0.5) is 0 Å². The summed E-state index contributed by atoms with van der Waals surface area (Å²) in [5, 5.41) is 5.94. The van der Waals surface area contributed by atoms with Gasteiger partial charge in [0.25, 0.3) is 0 Å². The predicted molar refractivity (Wildman–Crippen MR) is 112 cm³/mol. The second-order valence-electron chi connectivity index (χ2n) is 6.43. The van der Waals surface area contributed by atoms with Crippen LogP contribution >= 0.6 is 47.0 Å². The quantitative estimate of drug-likeness (QED) is 0.686. The minimum absolute atomic E-state index is 0.145. The van der Waals surface area contributed by atoms with Crippen LogP contribution in [0.2, 0.25) is 15.1 Å². The van der Waals surface area contributed by atoms with Gasteiger partial charge in [0.1, 0.15) is 0 Å². The summed E-state index contributed by atoms with van der Waals surface area (Å²) in [4.78, 5) is 2.10. The Kier molecular flexibility index (Phi) is 5.55. The highest BCUT2D eigenvalue weighted by Gasteiger charge is 2.31. The average molecular weight is 444 g/mol. The first-order valence-electron chi connectivity index (χ1n) is 8.60. The summed E-state index contributed by atoms with van der Waals surface area (Å²) >= 11 is 24.5. The second-order valence-corrected chi connectivity index (χ2v) is 8.01. The van der Waals surface area contributed by atoms with Gasteiger partial charge in [-0.15, -0.1) is 0 Å². The number of nitrogens with one attached hydrogen (secondary N) is 1. The van der Waals surface area contributed by atoms with Crippen LogP contribution < -0.4 is 14.8 Å². The summed E-state index contributed by atoms with van der Waals surface area (Å²) in [5.41, 5.74) is 3.19. The average Bonchev–Trinajstić information content (AvgIpc) is 3.17. The summed E-state index contributed by atoms with van der Waals surface area (Å²) in [5.74, 6) is 1.08. The zero-order chi connectivity index (χ0) is 19.0. The van der Waals surface area contributed by atoms with E-state index >= 15 is 0 Å². The molecule has 0 radical (unpaired) electrons. The van der Waals surface area contributed by atoms with Crippen molar-refractivity contribution >= 4 is 52.1 Å². The molecular weight excluding hydrogens is 427 g/mol. The number of rotatable bonds is 3. The third kappa shape index (κ3) is 3.79. The standard InChI is InChI=1S/C19H17Cl3N2O2S/c20-12-3-1-11(2-4-12)5-7-23-19(27)24-8-6-13-14(9-24)16(22)18-17(15(13)21)25-10-26-18/h1-4H,5-10H2,(H,23,27). The van der Waals surface area contributed by atoms with E-state index in [4.69, 9.17) is 56.5 Å². The van der Waals surface area contributed by atoms with Gasteiger partial charge in [-0.3, -0.25) is 0 Å². The van der Waals surface area contributed by atoms with Gasteiger partial charge >= 0.3 is 0 Å². The Morgan fingerprint density at radius 1 is 1.04 bits per heavy atom. The molecule has 0 fully saturated rings. The molecule has 8 heteroatoms. The molecule has 0 aromatic heterocycles. The van der Waals surface area contributed by atoms with Crippen molar-refractivity contribution < 1.29 is 9.47 Å². The van der Waals surface area contributed by atoms with Gasteiger partial charge in [-0.2, -0.15) is 0 Å². The molecule has 0 bridgehead atoms. The molecule has 27 heavy (non-hydrogen) atoms. The number of fused-ring (bicyclic) bond motifs is 2. The highest BCUT2D eigenvalue weighted by molar-refractivity contribution is 7.80. The van der Waals surface area contributed by atoms with Crippen LogP contribution in [-0.4, -0.2) is 29.9 Å². The van der Waals surface area contributed by atoms with Crippen molar-refractivity contribution in [2.24, 2.45) is 0 Å². The molecule has 4 nitrogen and oxygen atoms in total. The molecule has 2 aliphatic rings. The highest BCUT2D eigenvalue weighted by Crippen LogP contribution is 2.49. The molecular formula is C19H17Cl3N2O2S. The third-order valence-electron chi connectivity index (χ3n) is 4.78. The Bertz CT molecular complexity index is 890. The van der Waals surface area contributed by atoms with Gasteiger partial charge in [0, 0.05) is 24.7 Å². The zero-order valence-electron chi connectivity index (χ0n) is 14.4. The van der Waals surface area contributed by atoms with Gasteiger partial charge in [-0.1, -0.05) is 46.9 Å². The van der Waals surface area contributed by atoms with Gasteiger partial charge < -0.3 is 19.7 Å². The van der Waals surface area contributed by atoms with Gasteiger partial charge in [0.2, 0.25) is 6.79 Å². The molecule has 0 saturated carbocycles. The Hall–Kier alpha value is -1.40. The van der Waals surface area contributed by atoms with Crippen LogP contribution in [0.5, 0.6) is 11.5 Å². The lowest BCUT2D eigenvalue weighted by Gasteiger charge is -2.32. The predicted octanol–water partition coefficient (Wildman–Crippen LogP) is 4.85. The molecule has 2 aromatic rings. The maximum absolute atomic E-state index is 6.55. The first kappa shape index (κ1) is 18.9. The van der Waals surface area contributed by atoms with Gasteiger partial charge in [0.15, 0.2) is 16.6 Å². The Morgan fingerprint density at radius 3 is 2.41 bits per heavy atom. The van der Waals surface area contributed by atoms with Crippen LogP contribution in [0.3, 0.4) is 0 Å². The molecule has 2 aliphatic heterocycles. The van der Waals surface area contributed by atoms with Crippen molar-refractivity contribution in [3.63, 3.8) is 0 Å². The maximum atomic E-state index is 6.55. The molecule has 0 saturated heterocycles. The van der Waals surface area contributed by atoms with Crippen molar-refractivity contribution in [3.05, 3.63) is 56.0 Å². The molecule has 0 unspecified atom stereocenters. The van der Waals surface area contributed by atoms with Crippen molar-refractivity contribution in [2.45, 2.75) is 19.4 Å². The molecule has 0 aliphatic carbocycles. The monoisotopic (exact) mass is 442 g/mol. The molecule has 2 aromatic carbocycles. The van der Waals surface area contributed by atoms with E-state index in [1.54, 1.807) is 0 Å². The second kappa shape index (κ2) is 7.92. The molecule has 2 heterocycles. The van der Waals surface area contributed by atoms with Crippen molar-refractivity contribution in [1.82, 2.24) is 10.2 Å². The van der Waals surface area contributed by atoms with Crippen LogP contribution in [0.25, 0.3) is 0 Å². The van der Waals surface area contributed by atoms with E-state index in [2.05, 4.69) is 10.2 Å². The van der Waals surface area contributed by atoms with Gasteiger partial charge in [-0.05, 0) is 53.9 Å². The summed E-state index contributed by atoms with van der Waals surface area (Å²) in [6, 6.07) is 7.84. The lowest BCUT2D eigenvalue weighted by molar-refractivity contribution is 0.174. The van der Waals surface area contributed by atoms with Crippen molar-refractivity contribution in [2.75, 3.05) is 19.9 Å². The van der Waals surface area contributed by atoms with E-state index in [9.17, 15) is 0 Å². The number of hydrogen-bond donors (Lipinski definition) is 1. The number of benzene rings is 2. The first-order valence-corrected chi connectivity index (χ1v) is 10.1. The Labute approximate surface area is 178 Å². The molecule has 1 N–H and O–H groups in total. The largest absolute Gasteiger partial charge is 0.452 e. The molecule has 0 atom stereocenters. The lowest BCUT2D eigenvalue weighted by atomic mass is 9.98. The molecule has 0 spiro atoms. The van der Waals surface area contributed by atoms with E-state index < -0.39 is 0 Å². The van der Waals surface area contributed by atoms with Gasteiger partial charge in [-0.25, -0.2) is 0 Å². The first-order chi connectivity index (χ1) is 13.0. The summed E-state index contributed by atoms with van der Waals surface area (Å²) in [6.45, 7) is 2.26. The van der Waals surface area contributed by atoms with Crippen LogP contribution in [-0.2, 0) is 19.4 Å². The topological polar surface area (TPSA) is 33.7 Å². The van der Waals surface area contributed by atoms with E-state index in [1.807, 2.05) is 24.3 Å².